The molecule has 1 fully saturated rings. The van der Waals surface area contributed by atoms with Crippen molar-refractivity contribution in [3.05, 3.63) is 42.5 Å². The van der Waals surface area contributed by atoms with E-state index < -0.39 is 10.0 Å². The van der Waals surface area contributed by atoms with Crippen LogP contribution in [0.4, 0.5) is 0 Å². The summed E-state index contributed by atoms with van der Waals surface area (Å²) in [4.78, 5) is 0.384. The second kappa shape index (κ2) is 9.89. The zero-order valence-electron chi connectivity index (χ0n) is 14.5. The Kier molecular flexibility index (Phi) is 7.87. The van der Waals surface area contributed by atoms with Crippen LogP contribution in [0, 0.1) is 0 Å². The average molecular weight is 382 g/mol. The zero-order valence-corrected chi connectivity index (χ0v) is 16.2. The van der Waals surface area contributed by atoms with Crippen LogP contribution in [0.1, 0.15) is 31.2 Å². The number of hydrogen-bond acceptors (Lipinski definition) is 3. The maximum absolute atomic E-state index is 12.7. The molecule has 0 aliphatic carbocycles. The highest BCUT2D eigenvalue weighted by atomic mass is 32.2. The van der Waals surface area contributed by atoms with E-state index in [1.807, 2.05) is 12.1 Å². The van der Waals surface area contributed by atoms with Gasteiger partial charge in [0.25, 0.3) is 0 Å². The van der Waals surface area contributed by atoms with Gasteiger partial charge in [-0.2, -0.15) is 4.31 Å². The molecule has 0 spiro atoms. The van der Waals surface area contributed by atoms with Crippen molar-refractivity contribution in [3.63, 3.8) is 0 Å². The first kappa shape index (κ1) is 19.9. The predicted molar refractivity (Wildman–Crippen MR) is 106 cm³/mol. The maximum Gasteiger partial charge on any atom is 0.243 e. The molecule has 0 amide bonds. The lowest BCUT2D eigenvalue weighted by atomic mass is 10.1. The molecule has 2 N–H and O–H groups in total. The SMILES string of the molecule is C=CCNC(=S)NCCc1ccc(S(=O)(=O)N2CCCCCC2)cc1. The summed E-state index contributed by atoms with van der Waals surface area (Å²) >= 11 is 5.13. The Bertz CT molecular complexity index is 664. The fourth-order valence-electron chi connectivity index (χ4n) is 2.81. The second-order valence-electron chi connectivity index (χ2n) is 6.14. The summed E-state index contributed by atoms with van der Waals surface area (Å²) in [6.07, 6.45) is 6.64. The van der Waals surface area contributed by atoms with Gasteiger partial charge < -0.3 is 10.6 Å². The molecule has 1 heterocycles. The number of rotatable bonds is 7. The fraction of sp³-hybridized carbons (Fsp3) is 0.500. The lowest BCUT2D eigenvalue weighted by Crippen LogP contribution is -2.36. The molecule has 0 bridgehead atoms. The van der Waals surface area contributed by atoms with E-state index in [0.717, 1.165) is 37.7 Å². The third kappa shape index (κ3) is 6.09. The van der Waals surface area contributed by atoms with Gasteiger partial charge in [-0.1, -0.05) is 31.1 Å². The molecule has 25 heavy (non-hydrogen) atoms. The van der Waals surface area contributed by atoms with Crippen molar-refractivity contribution >= 4 is 27.4 Å². The number of benzene rings is 1. The zero-order chi connectivity index (χ0) is 18.1. The van der Waals surface area contributed by atoms with Gasteiger partial charge in [-0.25, -0.2) is 8.42 Å². The van der Waals surface area contributed by atoms with E-state index in [9.17, 15) is 8.42 Å². The third-order valence-corrected chi connectivity index (χ3v) is 6.43. The molecule has 0 atom stereocenters. The van der Waals surface area contributed by atoms with Crippen LogP contribution in [0.25, 0.3) is 0 Å². The molecule has 0 radical (unpaired) electrons. The monoisotopic (exact) mass is 381 g/mol. The van der Waals surface area contributed by atoms with Crippen molar-refractivity contribution in [2.24, 2.45) is 0 Å². The van der Waals surface area contributed by atoms with Crippen molar-refractivity contribution in [1.29, 1.82) is 0 Å². The third-order valence-electron chi connectivity index (χ3n) is 4.23. The van der Waals surface area contributed by atoms with Gasteiger partial charge in [-0.15, -0.1) is 6.58 Å². The van der Waals surface area contributed by atoms with Gasteiger partial charge in [0.1, 0.15) is 0 Å². The van der Waals surface area contributed by atoms with Crippen LogP contribution < -0.4 is 10.6 Å². The minimum atomic E-state index is -3.37. The summed E-state index contributed by atoms with van der Waals surface area (Å²) in [6.45, 7) is 6.21. The van der Waals surface area contributed by atoms with Gasteiger partial charge in [0, 0.05) is 26.2 Å². The van der Waals surface area contributed by atoms with Crippen LogP contribution in [-0.4, -0.2) is 44.0 Å². The average Bonchev–Trinajstić information content (AvgIpc) is 2.90. The summed E-state index contributed by atoms with van der Waals surface area (Å²) in [5.74, 6) is 0. The maximum atomic E-state index is 12.7. The van der Waals surface area contributed by atoms with E-state index >= 15 is 0 Å². The summed E-state index contributed by atoms with van der Waals surface area (Å²) in [7, 11) is -3.37. The number of sulfonamides is 1. The van der Waals surface area contributed by atoms with Crippen LogP contribution >= 0.6 is 12.2 Å². The van der Waals surface area contributed by atoms with E-state index in [2.05, 4.69) is 17.2 Å². The quantitative estimate of drug-likeness (QED) is 0.561. The smallest absolute Gasteiger partial charge is 0.243 e. The Morgan fingerprint density at radius 3 is 2.36 bits per heavy atom. The van der Waals surface area contributed by atoms with Gasteiger partial charge in [0.15, 0.2) is 5.11 Å². The fourth-order valence-corrected chi connectivity index (χ4v) is 4.51. The Hall–Kier alpha value is -1.44. The normalized spacial score (nSPS) is 16.0. The van der Waals surface area contributed by atoms with Crippen LogP contribution in [-0.2, 0) is 16.4 Å². The van der Waals surface area contributed by atoms with Crippen LogP contribution in [0.3, 0.4) is 0 Å². The summed E-state index contributed by atoms with van der Waals surface area (Å²) in [5, 5.41) is 6.72. The summed E-state index contributed by atoms with van der Waals surface area (Å²) < 4.78 is 27.1. The first-order chi connectivity index (χ1) is 12.0. The molecule has 7 heteroatoms. The Balaban J connectivity index is 1.90. The highest BCUT2D eigenvalue weighted by molar-refractivity contribution is 7.89. The molecule has 0 unspecified atom stereocenters. The first-order valence-electron chi connectivity index (χ1n) is 8.76. The van der Waals surface area contributed by atoms with Crippen LogP contribution in [0.2, 0.25) is 0 Å². The molecule has 1 aliphatic rings. The molecule has 2 rings (SSSR count). The lowest BCUT2D eigenvalue weighted by molar-refractivity contribution is 0.423. The lowest BCUT2D eigenvalue weighted by Gasteiger charge is -2.20. The molecule has 138 valence electrons. The molecule has 1 aromatic rings. The van der Waals surface area contributed by atoms with Crippen molar-refractivity contribution in [1.82, 2.24) is 14.9 Å². The molecule has 0 saturated carbocycles. The standard InChI is InChI=1S/C18H27N3O2S2/c1-2-12-19-18(24)20-13-11-16-7-9-17(10-8-16)25(22,23)21-14-5-3-4-6-15-21/h2,7-10H,1,3-6,11-15H2,(H2,19,20,24). The van der Waals surface area contributed by atoms with Crippen LogP contribution in [0.15, 0.2) is 41.8 Å². The molecular formula is C18H27N3O2S2. The molecule has 1 aliphatic heterocycles. The largest absolute Gasteiger partial charge is 0.362 e. The van der Waals surface area contributed by atoms with Crippen molar-refractivity contribution < 1.29 is 8.42 Å². The van der Waals surface area contributed by atoms with Crippen LogP contribution in [0.5, 0.6) is 0 Å². The number of hydrogen-bond donors (Lipinski definition) is 2. The predicted octanol–water partition coefficient (Wildman–Crippen LogP) is 2.44. The van der Waals surface area contributed by atoms with Crippen molar-refractivity contribution in [2.45, 2.75) is 37.0 Å². The Morgan fingerprint density at radius 1 is 1.12 bits per heavy atom. The van der Waals surface area contributed by atoms with E-state index in [4.69, 9.17) is 12.2 Å². The molecule has 0 aromatic heterocycles. The van der Waals surface area contributed by atoms with Gasteiger partial charge in [-0.05, 0) is 49.2 Å². The van der Waals surface area contributed by atoms with Gasteiger partial charge in [-0.3, -0.25) is 0 Å². The molecule has 1 aromatic carbocycles. The minimum Gasteiger partial charge on any atom is -0.362 e. The van der Waals surface area contributed by atoms with Crippen molar-refractivity contribution in [3.8, 4) is 0 Å². The molecule has 5 nitrogen and oxygen atoms in total. The van der Waals surface area contributed by atoms with E-state index in [-0.39, 0.29) is 0 Å². The number of nitrogens with one attached hydrogen (secondary N) is 2. The molecular weight excluding hydrogens is 354 g/mol. The molecule has 1 saturated heterocycles. The van der Waals surface area contributed by atoms with Gasteiger partial charge in [0.2, 0.25) is 10.0 Å². The topological polar surface area (TPSA) is 61.4 Å². The Labute approximate surface area is 156 Å². The van der Waals surface area contributed by atoms with E-state index in [1.54, 1.807) is 22.5 Å². The van der Waals surface area contributed by atoms with Gasteiger partial charge >= 0.3 is 0 Å². The van der Waals surface area contributed by atoms with E-state index in [1.165, 1.54) is 0 Å². The highest BCUT2D eigenvalue weighted by Crippen LogP contribution is 2.20. The first-order valence-corrected chi connectivity index (χ1v) is 10.6. The summed E-state index contributed by atoms with van der Waals surface area (Å²) in [5.41, 5.74) is 1.08. The number of nitrogens with zero attached hydrogens (tertiary/aromatic N) is 1. The van der Waals surface area contributed by atoms with E-state index in [0.29, 0.717) is 36.2 Å². The second-order valence-corrected chi connectivity index (χ2v) is 8.48. The number of thiocarbonyl (C=S) groups is 1. The minimum absolute atomic E-state index is 0.384. The summed E-state index contributed by atoms with van der Waals surface area (Å²) in [6, 6.07) is 7.19. The van der Waals surface area contributed by atoms with Crippen molar-refractivity contribution in [2.75, 3.05) is 26.2 Å². The van der Waals surface area contributed by atoms with Gasteiger partial charge in [0.05, 0.1) is 4.90 Å². The highest BCUT2D eigenvalue weighted by Gasteiger charge is 2.24. The Morgan fingerprint density at radius 2 is 1.76 bits per heavy atom.